The van der Waals surface area contributed by atoms with E-state index < -0.39 is 0 Å². The van der Waals surface area contributed by atoms with Crippen molar-refractivity contribution in [3.8, 4) is 12.3 Å². The first kappa shape index (κ1) is 13.5. The molecule has 0 spiro atoms. The number of terminal acetylenes is 1. The highest BCUT2D eigenvalue weighted by Crippen LogP contribution is 1.98. The predicted octanol–water partition coefficient (Wildman–Crippen LogP) is 1.72. The third-order valence-electron chi connectivity index (χ3n) is 2.07. The van der Waals surface area contributed by atoms with Crippen LogP contribution in [-0.4, -0.2) is 36.6 Å². The fourth-order valence-corrected chi connectivity index (χ4v) is 1.24. The van der Waals surface area contributed by atoms with Crippen molar-refractivity contribution in [2.75, 3.05) is 26.2 Å². The molecule has 0 saturated heterocycles. The van der Waals surface area contributed by atoms with Crippen LogP contribution in [0.15, 0.2) is 0 Å². The summed E-state index contributed by atoms with van der Waals surface area (Å²) in [6.07, 6.45) is 6.43. The molecule has 14 heavy (non-hydrogen) atoms. The van der Waals surface area contributed by atoms with Gasteiger partial charge in [0, 0.05) is 12.1 Å². The SMILES string of the molecule is C#CCN(CC)CCCNC(C)(C)C. The van der Waals surface area contributed by atoms with E-state index in [1.165, 1.54) is 0 Å². The van der Waals surface area contributed by atoms with Crippen LogP contribution in [0.25, 0.3) is 0 Å². The number of rotatable bonds is 6. The molecule has 0 atom stereocenters. The van der Waals surface area contributed by atoms with Crippen LogP contribution in [0.5, 0.6) is 0 Å². The van der Waals surface area contributed by atoms with Gasteiger partial charge < -0.3 is 5.32 Å². The highest BCUT2D eigenvalue weighted by molar-refractivity contribution is 4.87. The Morgan fingerprint density at radius 3 is 2.43 bits per heavy atom. The van der Waals surface area contributed by atoms with Gasteiger partial charge in [0.15, 0.2) is 0 Å². The number of hydrogen-bond acceptors (Lipinski definition) is 2. The minimum atomic E-state index is 0.225. The zero-order chi connectivity index (χ0) is 11.0. The van der Waals surface area contributed by atoms with Gasteiger partial charge in [-0.2, -0.15) is 0 Å². The fraction of sp³-hybridized carbons (Fsp3) is 0.833. The lowest BCUT2D eigenvalue weighted by Gasteiger charge is -2.22. The van der Waals surface area contributed by atoms with Gasteiger partial charge in [0.2, 0.25) is 0 Å². The lowest BCUT2D eigenvalue weighted by molar-refractivity contribution is 0.308. The van der Waals surface area contributed by atoms with E-state index in [2.05, 4.69) is 43.8 Å². The van der Waals surface area contributed by atoms with Gasteiger partial charge in [0.05, 0.1) is 6.54 Å². The molecule has 0 aliphatic carbocycles. The highest BCUT2D eigenvalue weighted by atomic mass is 15.1. The lowest BCUT2D eigenvalue weighted by atomic mass is 10.1. The molecule has 0 aromatic rings. The molecule has 0 aliphatic heterocycles. The Hall–Kier alpha value is -0.520. The average Bonchev–Trinajstić information content (AvgIpc) is 2.08. The Morgan fingerprint density at radius 2 is 2.00 bits per heavy atom. The molecule has 0 aliphatic rings. The van der Waals surface area contributed by atoms with Crippen molar-refractivity contribution >= 4 is 0 Å². The third-order valence-corrected chi connectivity index (χ3v) is 2.07. The Morgan fingerprint density at radius 1 is 1.36 bits per heavy atom. The molecule has 0 bridgehead atoms. The Kier molecular flexibility index (Phi) is 6.61. The molecule has 2 nitrogen and oxygen atoms in total. The Labute approximate surface area is 89.1 Å². The summed E-state index contributed by atoms with van der Waals surface area (Å²) in [5, 5.41) is 3.47. The van der Waals surface area contributed by atoms with Crippen molar-refractivity contribution in [2.24, 2.45) is 0 Å². The monoisotopic (exact) mass is 196 g/mol. The van der Waals surface area contributed by atoms with Gasteiger partial charge in [-0.15, -0.1) is 6.42 Å². The second kappa shape index (κ2) is 6.86. The minimum absolute atomic E-state index is 0.225. The molecule has 1 N–H and O–H groups in total. The topological polar surface area (TPSA) is 15.3 Å². The second-order valence-electron chi connectivity index (χ2n) is 4.60. The van der Waals surface area contributed by atoms with Gasteiger partial charge in [0.25, 0.3) is 0 Å². The van der Waals surface area contributed by atoms with E-state index in [-0.39, 0.29) is 5.54 Å². The maximum absolute atomic E-state index is 5.27. The van der Waals surface area contributed by atoms with Gasteiger partial charge in [-0.3, -0.25) is 4.90 Å². The zero-order valence-electron chi connectivity index (χ0n) is 10.1. The minimum Gasteiger partial charge on any atom is -0.312 e. The van der Waals surface area contributed by atoms with Crippen LogP contribution in [0.4, 0.5) is 0 Å². The first-order valence-corrected chi connectivity index (χ1v) is 5.40. The summed E-state index contributed by atoms with van der Waals surface area (Å²) in [5.74, 6) is 2.68. The molecule has 82 valence electrons. The molecule has 0 amide bonds. The molecule has 0 unspecified atom stereocenters. The summed E-state index contributed by atoms with van der Waals surface area (Å²) in [5.41, 5.74) is 0.225. The highest BCUT2D eigenvalue weighted by Gasteiger charge is 2.07. The molecule has 0 rings (SSSR count). The van der Waals surface area contributed by atoms with E-state index in [0.29, 0.717) is 0 Å². The van der Waals surface area contributed by atoms with Crippen LogP contribution in [-0.2, 0) is 0 Å². The first-order valence-electron chi connectivity index (χ1n) is 5.40. The second-order valence-corrected chi connectivity index (χ2v) is 4.60. The maximum atomic E-state index is 5.27. The van der Waals surface area contributed by atoms with Gasteiger partial charge in [-0.1, -0.05) is 12.8 Å². The van der Waals surface area contributed by atoms with Crippen LogP contribution < -0.4 is 5.32 Å². The van der Waals surface area contributed by atoms with Crippen LogP contribution in [0.2, 0.25) is 0 Å². The van der Waals surface area contributed by atoms with Crippen molar-refractivity contribution < 1.29 is 0 Å². The largest absolute Gasteiger partial charge is 0.312 e. The van der Waals surface area contributed by atoms with E-state index >= 15 is 0 Å². The van der Waals surface area contributed by atoms with Crippen molar-refractivity contribution in [1.82, 2.24) is 10.2 Å². The number of nitrogens with zero attached hydrogens (tertiary/aromatic N) is 1. The van der Waals surface area contributed by atoms with Gasteiger partial charge in [-0.05, 0) is 40.3 Å². The van der Waals surface area contributed by atoms with Crippen LogP contribution >= 0.6 is 0 Å². The quantitative estimate of drug-likeness (QED) is 0.514. The van der Waals surface area contributed by atoms with Crippen LogP contribution in [0.3, 0.4) is 0 Å². The Bertz CT molecular complexity index is 174. The molecule has 2 heteroatoms. The van der Waals surface area contributed by atoms with Crippen LogP contribution in [0, 0.1) is 12.3 Å². The van der Waals surface area contributed by atoms with Crippen molar-refractivity contribution in [2.45, 2.75) is 39.7 Å². The van der Waals surface area contributed by atoms with Gasteiger partial charge in [-0.25, -0.2) is 0 Å². The summed E-state index contributed by atoms with van der Waals surface area (Å²) < 4.78 is 0. The van der Waals surface area contributed by atoms with E-state index in [1.807, 2.05) is 0 Å². The molecule has 0 saturated carbocycles. The predicted molar refractivity (Wildman–Crippen MR) is 63.3 cm³/mol. The fourth-order valence-electron chi connectivity index (χ4n) is 1.24. The molecule has 0 aromatic carbocycles. The van der Waals surface area contributed by atoms with Gasteiger partial charge >= 0.3 is 0 Å². The summed E-state index contributed by atoms with van der Waals surface area (Å²) >= 11 is 0. The van der Waals surface area contributed by atoms with E-state index in [9.17, 15) is 0 Å². The van der Waals surface area contributed by atoms with Crippen molar-refractivity contribution in [3.05, 3.63) is 0 Å². The van der Waals surface area contributed by atoms with Crippen LogP contribution in [0.1, 0.15) is 34.1 Å². The molecule has 0 radical (unpaired) electrons. The zero-order valence-corrected chi connectivity index (χ0v) is 10.1. The summed E-state index contributed by atoms with van der Waals surface area (Å²) in [4.78, 5) is 2.28. The third kappa shape index (κ3) is 8.10. The van der Waals surface area contributed by atoms with Crippen molar-refractivity contribution in [1.29, 1.82) is 0 Å². The number of nitrogens with one attached hydrogen (secondary N) is 1. The molecule has 0 heterocycles. The van der Waals surface area contributed by atoms with Crippen molar-refractivity contribution in [3.63, 3.8) is 0 Å². The van der Waals surface area contributed by atoms with E-state index in [4.69, 9.17) is 6.42 Å². The summed E-state index contributed by atoms with van der Waals surface area (Å²) in [6, 6.07) is 0. The van der Waals surface area contributed by atoms with E-state index in [0.717, 1.165) is 32.6 Å². The molecular weight excluding hydrogens is 172 g/mol. The summed E-state index contributed by atoms with van der Waals surface area (Å²) in [7, 11) is 0. The molecular formula is C12H24N2. The van der Waals surface area contributed by atoms with Gasteiger partial charge in [0.1, 0.15) is 0 Å². The maximum Gasteiger partial charge on any atom is 0.0598 e. The first-order chi connectivity index (χ1) is 6.49. The lowest BCUT2D eigenvalue weighted by Crippen LogP contribution is -2.37. The number of hydrogen-bond donors (Lipinski definition) is 1. The normalized spacial score (nSPS) is 11.7. The molecule has 0 aromatic heterocycles. The van der Waals surface area contributed by atoms with E-state index in [1.54, 1.807) is 0 Å². The molecule has 0 fully saturated rings. The average molecular weight is 196 g/mol. The summed E-state index contributed by atoms with van der Waals surface area (Å²) in [6.45, 7) is 12.7. The Balaban J connectivity index is 3.48. The standard InChI is InChI=1S/C12H24N2/c1-6-10-14(7-2)11-8-9-13-12(3,4)5/h1,13H,7-11H2,2-5H3. The smallest absolute Gasteiger partial charge is 0.0598 e.